The van der Waals surface area contributed by atoms with Crippen LogP contribution in [0.1, 0.15) is 25.8 Å². The molecular weight excluding hydrogens is 265 g/mol. The Hall–Kier alpha value is -0.640. The molecule has 19 heavy (non-hydrogen) atoms. The van der Waals surface area contributed by atoms with Crippen LogP contribution >= 0.6 is 11.6 Å². The highest BCUT2D eigenvalue weighted by molar-refractivity contribution is 6.31. The van der Waals surface area contributed by atoms with E-state index in [0.29, 0.717) is 35.7 Å². The Morgan fingerprint density at radius 2 is 2.26 bits per heavy atom. The number of hydrogen-bond acceptors (Lipinski definition) is 2. The average molecular weight is 286 g/mol. The lowest BCUT2D eigenvalue weighted by Gasteiger charge is -2.34. The molecule has 2 unspecified atom stereocenters. The molecule has 4 heteroatoms. The molecule has 1 aromatic rings. The van der Waals surface area contributed by atoms with E-state index in [4.69, 9.17) is 16.3 Å². The largest absolute Gasteiger partial charge is 0.381 e. The van der Waals surface area contributed by atoms with Gasteiger partial charge in [0.1, 0.15) is 5.82 Å². The minimum Gasteiger partial charge on any atom is -0.381 e. The van der Waals surface area contributed by atoms with Crippen molar-refractivity contribution in [3.63, 3.8) is 0 Å². The highest BCUT2D eigenvalue weighted by Crippen LogP contribution is 2.26. The second kappa shape index (κ2) is 6.69. The Morgan fingerprint density at radius 1 is 1.47 bits per heavy atom. The van der Waals surface area contributed by atoms with Crippen molar-refractivity contribution in [2.45, 2.75) is 38.8 Å². The molecule has 1 aliphatic heterocycles. The molecule has 1 heterocycles. The fraction of sp³-hybridized carbons (Fsp3) is 0.600. The average Bonchev–Trinajstić information content (AvgIpc) is 2.35. The SMILES string of the molecule is CC(C)NC1CCOCC1Cc1c(F)cccc1Cl. The molecule has 106 valence electrons. The maximum absolute atomic E-state index is 13.8. The molecule has 2 atom stereocenters. The first-order valence-corrected chi connectivity index (χ1v) is 7.22. The molecule has 0 bridgehead atoms. The van der Waals surface area contributed by atoms with Gasteiger partial charge in [0.15, 0.2) is 0 Å². The standard InChI is InChI=1S/C15H21ClFNO/c1-10(2)18-15-6-7-19-9-11(15)8-12-13(16)4-3-5-14(12)17/h3-5,10-11,15,18H,6-9H2,1-2H3. The number of hydrogen-bond donors (Lipinski definition) is 1. The van der Waals surface area contributed by atoms with E-state index < -0.39 is 0 Å². The van der Waals surface area contributed by atoms with Crippen molar-refractivity contribution in [1.29, 1.82) is 0 Å². The first-order chi connectivity index (χ1) is 9.08. The topological polar surface area (TPSA) is 21.3 Å². The zero-order valence-corrected chi connectivity index (χ0v) is 12.2. The molecule has 0 spiro atoms. The fourth-order valence-electron chi connectivity index (χ4n) is 2.64. The van der Waals surface area contributed by atoms with E-state index in [1.165, 1.54) is 6.07 Å². The van der Waals surface area contributed by atoms with Crippen molar-refractivity contribution in [2.24, 2.45) is 5.92 Å². The summed E-state index contributed by atoms with van der Waals surface area (Å²) >= 11 is 6.10. The van der Waals surface area contributed by atoms with E-state index in [1.807, 2.05) is 0 Å². The van der Waals surface area contributed by atoms with E-state index in [1.54, 1.807) is 12.1 Å². The third kappa shape index (κ3) is 3.91. The van der Waals surface area contributed by atoms with Crippen molar-refractivity contribution in [2.75, 3.05) is 13.2 Å². The number of rotatable bonds is 4. The quantitative estimate of drug-likeness (QED) is 0.915. The van der Waals surface area contributed by atoms with Gasteiger partial charge >= 0.3 is 0 Å². The van der Waals surface area contributed by atoms with Gasteiger partial charge < -0.3 is 10.1 Å². The number of ether oxygens (including phenoxy) is 1. The molecule has 2 nitrogen and oxygen atoms in total. The van der Waals surface area contributed by atoms with Gasteiger partial charge in [-0.1, -0.05) is 31.5 Å². The highest BCUT2D eigenvalue weighted by atomic mass is 35.5. The molecule has 1 fully saturated rings. The summed E-state index contributed by atoms with van der Waals surface area (Å²) in [5.41, 5.74) is 0.607. The van der Waals surface area contributed by atoms with Crippen LogP contribution in [-0.4, -0.2) is 25.3 Å². The second-order valence-electron chi connectivity index (χ2n) is 5.46. The molecule has 1 aromatic carbocycles. The van der Waals surface area contributed by atoms with Crippen LogP contribution in [0.5, 0.6) is 0 Å². The maximum Gasteiger partial charge on any atom is 0.127 e. The summed E-state index contributed by atoms with van der Waals surface area (Å²) < 4.78 is 19.4. The van der Waals surface area contributed by atoms with E-state index in [-0.39, 0.29) is 11.7 Å². The van der Waals surface area contributed by atoms with E-state index in [0.717, 1.165) is 13.0 Å². The first kappa shape index (κ1) is 14.8. The maximum atomic E-state index is 13.8. The van der Waals surface area contributed by atoms with Gasteiger partial charge in [0.25, 0.3) is 0 Å². The molecular formula is C15H21ClFNO. The fourth-order valence-corrected chi connectivity index (χ4v) is 2.88. The number of halogens is 2. The minimum absolute atomic E-state index is 0.221. The Balaban J connectivity index is 2.11. The van der Waals surface area contributed by atoms with Crippen LogP contribution in [0.3, 0.4) is 0 Å². The van der Waals surface area contributed by atoms with Gasteiger partial charge in [0.05, 0.1) is 6.61 Å². The van der Waals surface area contributed by atoms with Gasteiger partial charge in [-0.05, 0) is 25.0 Å². The predicted molar refractivity (Wildman–Crippen MR) is 76.1 cm³/mol. The van der Waals surface area contributed by atoms with E-state index in [2.05, 4.69) is 19.2 Å². The molecule has 1 N–H and O–H groups in total. The van der Waals surface area contributed by atoms with Gasteiger partial charge in [0.2, 0.25) is 0 Å². The van der Waals surface area contributed by atoms with Crippen LogP contribution in [0.25, 0.3) is 0 Å². The zero-order chi connectivity index (χ0) is 13.8. The molecule has 1 aliphatic rings. The summed E-state index contributed by atoms with van der Waals surface area (Å²) in [4.78, 5) is 0. The van der Waals surface area contributed by atoms with Crippen molar-refractivity contribution in [3.8, 4) is 0 Å². The second-order valence-corrected chi connectivity index (χ2v) is 5.86. The monoisotopic (exact) mass is 285 g/mol. The van der Waals surface area contributed by atoms with Gasteiger partial charge in [-0.3, -0.25) is 0 Å². The van der Waals surface area contributed by atoms with Gasteiger partial charge in [-0.25, -0.2) is 4.39 Å². The van der Waals surface area contributed by atoms with Gasteiger partial charge in [-0.2, -0.15) is 0 Å². The van der Waals surface area contributed by atoms with Crippen molar-refractivity contribution < 1.29 is 9.13 Å². The lowest BCUT2D eigenvalue weighted by molar-refractivity contribution is 0.0297. The van der Waals surface area contributed by atoms with Crippen LogP contribution in [0.15, 0.2) is 18.2 Å². The third-order valence-corrected chi connectivity index (χ3v) is 3.90. The zero-order valence-electron chi connectivity index (χ0n) is 11.5. The summed E-state index contributed by atoms with van der Waals surface area (Å²) in [5.74, 6) is 0.0481. The molecule has 0 aliphatic carbocycles. The van der Waals surface area contributed by atoms with Crippen molar-refractivity contribution in [3.05, 3.63) is 34.6 Å². The Morgan fingerprint density at radius 3 is 2.95 bits per heavy atom. The van der Waals surface area contributed by atoms with E-state index in [9.17, 15) is 4.39 Å². The Labute approximate surface area is 119 Å². The molecule has 0 amide bonds. The van der Waals surface area contributed by atoms with Gasteiger partial charge in [-0.15, -0.1) is 0 Å². The number of nitrogens with one attached hydrogen (secondary N) is 1. The van der Waals surface area contributed by atoms with Crippen LogP contribution in [0, 0.1) is 11.7 Å². The van der Waals surface area contributed by atoms with Crippen LogP contribution in [0.2, 0.25) is 5.02 Å². The minimum atomic E-state index is -0.221. The molecule has 0 radical (unpaired) electrons. The van der Waals surface area contributed by atoms with Crippen LogP contribution in [0.4, 0.5) is 4.39 Å². The summed E-state index contributed by atoms with van der Waals surface area (Å²) in [6.07, 6.45) is 1.59. The molecule has 0 saturated carbocycles. The summed E-state index contributed by atoms with van der Waals surface area (Å²) in [6, 6.07) is 5.64. The van der Waals surface area contributed by atoms with Crippen LogP contribution < -0.4 is 5.32 Å². The van der Waals surface area contributed by atoms with Crippen molar-refractivity contribution >= 4 is 11.6 Å². The highest BCUT2D eigenvalue weighted by Gasteiger charge is 2.27. The Bertz CT molecular complexity index is 404. The molecule has 0 aromatic heterocycles. The lowest BCUT2D eigenvalue weighted by atomic mass is 9.89. The summed E-state index contributed by atoms with van der Waals surface area (Å²) in [6.45, 7) is 5.69. The number of benzene rings is 1. The van der Waals surface area contributed by atoms with Crippen LogP contribution in [-0.2, 0) is 11.2 Å². The molecule has 2 rings (SSSR count). The summed E-state index contributed by atoms with van der Waals surface area (Å²) in [5, 5.41) is 4.05. The first-order valence-electron chi connectivity index (χ1n) is 6.84. The third-order valence-electron chi connectivity index (χ3n) is 3.55. The van der Waals surface area contributed by atoms with Crippen molar-refractivity contribution in [1.82, 2.24) is 5.32 Å². The lowest BCUT2D eigenvalue weighted by Crippen LogP contribution is -2.46. The smallest absolute Gasteiger partial charge is 0.127 e. The van der Waals surface area contributed by atoms with Gasteiger partial charge in [0, 0.05) is 35.2 Å². The van der Waals surface area contributed by atoms with E-state index >= 15 is 0 Å². The predicted octanol–water partition coefficient (Wildman–Crippen LogP) is 3.42. The normalized spacial score (nSPS) is 23.8. The Kier molecular flexibility index (Phi) is 5.20. The summed E-state index contributed by atoms with van der Waals surface area (Å²) in [7, 11) is 0. The molecule has 1 saturated heterocycles.